The SMILES string of the molecule is CC(N)=CC1=NCCN(C(C)C)C1. The van der Waals surface area contributed by atoms with Crippen LogP contribution in [0.15, 0.2) is 16.8 Å². The van der Waals surface area contributed by atoms with E-state index in [0.717, 1.165) is 31.0 Å². The lowest BCUT2D eigenvalue weighted by molar-refractivity contribution is 0.253. The lowest BCUT2D eigenvalue weighted by atomic mass is 10.2. The van der Waals surface area contributed by atoms with Crippen molar-refractivity contribution in [1.29, 1.82) is 0 Å². The van der Waals surface area contributed by atoms with E-state index in [1.54, 1.807) is 0 Å². The minimum Gasteiger partial charge on any atom is -0.402 e. The monoisotopic (exact) mass is 181 g/mol. The Hall–Kier alpha value is -0.830. The molecule has 13 heavy (non-hydrogen) atoms. The average molecular weight is 181 g/mol. The first-order valence-electron chi connectivity index (χ1n) is 4.80. The van der Waals surface area contributed by atoms with Crippen LogP contribution in [0.2, 0.25) is 0 Å². The summed E-state index contributed by atoms with van der Waals surface area (Å²) < 4.78 is 0. The lowest BCUT2D eigenvalue weighted by Gasteiger charge is -2.29. The minimum atomic E-state index is 0.594. The molecule has 0 bridgehead atoms. The average Bonchev–Trinajstić information content (AvgIpc) is 2.03. The minimum absolute atomic E-state index is 0.594. The van der Waals surface area contributed by atoms with Gasteiger partial charge in [-0.3, -0.25) is 9.89 Å². The van der Waals surface area contributed by atoms with Crippen LogP contribution in [0.3, 0.4) is 0 Å². The quantitative estimate of drug-likeness (QED) is 0.691. The first-order chi connectivity index (χ1) is 6.09. The van der Waals surface area contributed by atoms with Gasteiger partial charge in [-0.2, -0.15) is 0 Å². The van der Waals surface area contributed by atoms with Crippen molar-refractivity contribution in [1.82, 2.24) is 4.90 Å². The first-order valence-corrected chi connectivity index (χ1v) is 4.80. The summed E-state index contributed by atoms with van der Waals surface area (Å²) in [4.78, 5) is 6.83. The third-order valence-electron chi connectivity index (χ3n) is 2.19. The second-order valence-corrected chi connectivity index (χ2v) is 3.83. The van der Waals surface area contributed by atoms with Crippen LogP contribution >= 0.6 is 0 Å². The maximum absolute atomic E-state index is 5.61. The normalized spacial score (nSPS) is 20.6. The zero-order valence-electron chi connectivity index (χ0n) is 8.75. The predicted molar refractivity (Wildman–Crippen MR) is 57.0 cm³/mol. The molecule has 1 heterocycles. The van der Waals surface area contributed by atoms with Crippen LogP contribution in [0, 0.1) is 0 Å². The van der Waals surface area contributed by atoms with E-state index < -0.39 is 0 Å². The maximum atomic E-state index is 5.61. The highest BCUT2D eigenvalue weighted by atomic mass is 15.2. The third-order valence-corrected chi connectivity index (χ3v) is 2.19. The van der Waals surface area contributed by atoms with Crippen LogP contribution in [0.25, 0.3) is 0 Å². The van der Waals surface area contributed by atoms with E-state index in [1.165, 1.54) is 0 Å². The van der Waals surface area contributed by atoms with Gasteiger partial charge < -0.3 is 5.73 Å². The molecule has 3 heteroatoms. The summed E-state index contributed by atoms with van der Waals surface area (Å²) in [6.45, 7) is 9.23. The Morgan fingerprint density at radius 2 is 2.31 bits per heavy atom. The molecule has 0 aliphatic carbocycles. The molecule has 0 atom stereocenters. The topological polar surface area (TPSA) is 41.6 Å². The van der Waals surface area contributed by atoms with E-state index in [9.17, 15) is 0 Å². The summed E-state index contributed by atoms with van der Waals surface area (Å²) >= 11 is 0. The molecule has 2 N–H and O–H groups in total. The molecule has 1 aliphatic rings. The molecule has 1 aliphatic heterocycles. The highest BCUT2D eigenvalue weighted by Gasteiger charge is 2.14. The van der Waals surface area contributed by atoms with Gasteiger partial charge in [-0.05, 0) is 26.8 Å². The van der Waals surface area contributed by atoms with Gasteiger partial charge in [-0.15, -0.1) is 0 Å². The van der Waals surface area contributed by atoms with Gasteiger partial charge in [-0.1, -0.05) is 0 Å². The molecule has 0 amide bonds. The van der Waals surface area contributed by atoms with Gasteiger partial charge in [0, 0.05) is 24.8 Å². The Bertz CT molecular complexity index is 224. The van der Waals surface area contributed by atoms with Crippen molar-refractivity contribution in [2.75, 3.05) is 19.6 Å². The molecule has 0 fully saturated rings. The number of aliphatic imine (C=N–C) groups is 1. The summed E-state index contributed by atoms with van der Waals surface area (Å²) in [5.74, 6) is 0. The standard InChI is InChI=1S/C10H19N3/c1-8(2)13-5-4-12-10(7-13)6-9(3)11/h6,8H,4-5,7,11H2,1-3H3. The molecule has 0 saturated heterocycles. The van der Waals surface area contributed by atoms with E-state index in [0.29, 0.717) is 6.04 Å². The number of allylic oxidation sites excluding steroid dienone is 1. The van der Waals surface area contributed by atoms with Crippen molar-refractivity contribution >= 4 is 5.71 Å². The van der Waals surface area contributed by atoms with E-state index in [2.05, 4.69) is 23.7 Å². The van der Waals surface area contributed by atoms with Gasteiger partial charge in [0.15, 0.2) is 0 Å². The van der Waals surface area contributed by atoms with Crippen LogP contribution in [0.1, 0.15) is 20.8 Å². The molecule has 0 spiro atoms. The summed E-state index contributed by atoms with van der Waals surface area (Å²) in [5.41, 5.74) is 7.55. The number of nitrogens with two attached hydrogens (primary N) is 1. The molecule has 0 aromatic heterocycles. The van der Waals surface area contributed by atoms with Gasteiger partial charge in [0.1, 0.15) is 0 Å². The van der Waals surface area contributed by atoms with Gasteiger partial charge >= 0.3 is 0 Å². The van der Waals surface area contributed by atoms with E-state index >= 15 is 0 Å². The second-order valence-electron chi connectivity index (χ2n) is 3.83. The molecule has 1 rings (SSSR count). The molecular weight excluding hydrogens is 162 g/mol. The summed E-state index contributed by atoms with van der Waals surface area (Å²) in [6.07, 6.45) is 1.97. The molecule has 74 valence electrons. The first kappa shape index (κ1) is 10.3. The van der Waals surface area contributed by atoms with Crippen molar-refractivity contribution in [3.8, 4) is 0 Å². The van der Waals surface area contributed by atoms with Gasteiger partial charge in [0.25, 0.3) is 0 Å². The van der Waals surface area contributed by atoms with E-state index in [1.807, 2.05) is 13.0 Å². The van der Waals surface area contributed by atoms with Crippen LogP contribution in [-0.2, 0) is 0 Å². The summed E-state index contributed by atoms with van der Waals surface area (Å²) in [7, 11) is 0. The Balaban J connectivity index is 2.59. The molecule has 3 nitrogen and oxygen atoms in total. The van der Waals surface area contributed by atoms with Crippen molar-refractivity contribution < 1.29 is 0 Å². The largest absolute Gasteiger partial charge is 0.402 e. The zero-order chi connectivity index (χ0) is 9.84. The predicted octanol–water partition coefficient (Wildman–Crippen LogP) is 1.01. The number of rotatable bonds is 2. The molecule has 0 unspecified atom stereocenters. The fraction of sp³-hybridized carbons (Fsp3) is 0.700. The van der Waals surface area contributed by atoms with Gasteiger partial charge in [0.2, 0.25) is 0 Å². The molecule has 0 saturated carbocycles. The highest BCUT2D eigenvalue weighted by molar-refractivity contribution is 5.97. The molecular formula is C10H19N3. The third kappa shape index (κ3) is 3.19. The highest BCUT2D eigenvalue weighted by Crippen LogP contribution is 2.04. The van der Waals surface area contributed by atoms with Crippen LogP contribution in [0.5, 0.6) is 0 Å². The molecule has 0 aromatic carbocycles. The summed E-state index contributed by atoms with van der Waals surface area (Å²) in [5, 5.41) is 0. The van der Waals surface area contributed by atoms with Crippen molar-refractivity contribution in [3.63, 3.8) is 0 Å². The van der Waals surface area contributed by atoms with Crippen molar-refractivity contribution in [3.05, 3.63) is 11.8 Å². The Kier molecular flexibility index (Phi) is 3.48. The van der Waals surface area contributed by atoms with Gasteiger partial charge in [-0.25, -0.2) is 0 Å². The van der Waals surface area contributed by atoms with Gasteiger partial charge in [0.05, 0.1) is 12.3 Å². The number of hydrogen-bond donors (Lipinski definition) is 1. The van der Waals surface area contributed by atoms with Crippen LogP contribution in [-0.4, -0.2) is 36.3 Å². The smallest absolute Gasteiger partial charge is 0.0520 e. The Morgan fingerprint density at radius 3 is 2.85 bits per heavy atom. The lowest BCUT2D eigenvalue weighted by Crippen LogP contribution is -2.40. The van der Waals surface area contributed by atoms with Crippen LogP contribution < -0.4 is 5.73 Å². The fourth-order valence-electron chi connectivity index (χ4n) is 1.45. The summed E-state index contributed by atoms with van der Waals surface area (Å²) in [6, 6.07) is 0.594. The van der Waals surface area contributed by atoms with Crippen molar-refractivity contribution in [2.24, 2.45) is 10.7 Å². The number of nitrogens with zero attached hydrogens (tertiary/aromatic N) is 2. The Morgan fingerprint density at radius 1 is 1.62 bits per heavy atom. The molecule has 0 aromatic rings. The molecule has 0 radical (unpaired) electrons. The second kappa shape index (κ2) is 4.42. The Labute approximate surface area is 80.3 Å². The number of hydrogen-bond acceptors (Lipinski definition) is 3. The zero-order valence-corrected chi connectivity index (χ0v) is 8.75. The van der Waals surface area contributed by atoms with Crippen LogP contribution in [0.4, 0.5) is 0 Å². The van der Waals surface area contributed by atoms with Crippen molar-refractivity contribution in [2.45, 2.75) is 26.8 Å². The maximum Gasteiger partial charge on any atom is 0.0520 e. The fourth-order valence-corrected chi connectivity index (χ4v) is 1.45. The van der Waals surface area contributed by atoms with E-state index in [4.69, 9.17) is 5.73 Å². The van der Waals surface area contributed by atoms with E-state index in [-0.39, 0.29) is 0 Å².